The Morgan fingerprint density at radius 1 is 1.43 bits per heavy atom. The highest BCUT2D eigenvalue weighted by molar-refractivity contribution is 9.10. The number of ether oxygens (including phenoxy) is 3. The van der Waals surface area contributed by atoms with Crippen LogP contribution in [0.4, 0.5) is 0 Å². The van der Waals surface area contributed by atoms with Crippen LogP contribution in [0.15, 0.2) is 23.3 Å². The van der Waals surface area contributed by atoms with E-state index in [1.165, 1.54) is 7.11 Å². The third-order valence-electron chi connectivity index (χ3n) is 3.73. The Bertz CT molecular complexity index is 524. The summed E-state index contributed by atoms with van der Waals surface area (Å²) in [4.78, 5) is 4.33. The lowest BCUT2D eigenvalue weighted by Gasteiger charge is -2.31. The van der Waals surface area contributed by atoms with Crippen molar-refractivity contribution in [3.8, 4) is 11.5 Å². The zero-order valence-corrected chi connectivity index (χ0v) is 15.9. The van der Waals surface area contributed by atoms with Gasteiger partial charge in [0.25, 0.3) is 0 Å². The number of nitrogens with zero attached hydrogens (tertiary/aromatic N) is 1. The normalized spacial score (nSPS) is 14.9. The van der Waals surface area contributed by atoms with E-state index in [1.54, 1.807) is 19.4 Å². The van der Waals surface area contributed by atoms with Crippen LogP contribution in [0.3, 0.4) is 0 Å². The Morgan fingerprint density at radius 3 is 2.65 bits per heavy atom. The number of aliphatic hydroxyl groups is 1. The smallest absolute Gasteiger partial charge is 0.186 e. The van der Waals surface area contributed by atoms with Gasteiger partial charge >= 0.3 is 0 Å². The second-order valence-corrected chi connectivity index (χ2v) is 6.46. The summed E-state index contributed by atoms with van der Waals surface area (Å²) in [5.41, 5.74) is -0.287. The summed E-state index contributed by atoms with van der Waals surface area (Å²) in [5.74, 6) is 0.973. The number of aliphatic hydroxyl groups excluding tert-OH is 1. The van der Waals surface area contributed by atoms with E-state index in [4.69, 9.17) is 14.2 Å². The van der Waals surface area contributed by atoms with Gasteiger partial charge in [-0.15, -0.1) is 6.58 Å². The first-order valence-electron chi connectivity index (χ1n) is 7.60. The third kappa shape index (κ3) is 4.68. The number of aromatic nitrogens is 1. The van der Waals surface area contributed by atoms with Crippen molar-refractivity contribution in [3.63, 3.8) is 0 Å². The Balaban J connectivity index is 3.25. The van der Waals surface area contributed by atoms with Gasteiger partial charge in [-0.25, -0.2) is 0 Å². The fraction of sp³-hybridized carbons (Fsp3) is 0.588. The molecule has 0 amide bonds. The number of methoxy groups -OCH3 is 2. The molecule has 0 radical (unpaired) electrons. The topological polar surface area (TPSA) is 60.8 Å². The van der Waals surface area contributed by atoms with Gasteiger partial charge in [-0.05, 0) is 22.4 Å². The van der Waals surface area contributed by atoms with Crippen molar-refractivity contribution in [1.82, 2.24) is 4.98 Å². The summed E-state index contributed by atoms with van der Waals surface area (Å²) in [6.45, 7) is 8.64. The minimum Gasteiger partial charge on any atom is -0.491 e. The standard InChI is InChI=1S/C17H26BrNO4/c1-6-8-9-23-14-12(18)10-19-13(15(14)22-5)16(20)17(3,7-2)11-21-4/h7,10,16,20H,2,6,8-9,11H2,1,3-5H3. The van der Waals surface area contributed by atoms with Crippen LogP contribution in [0.2, 0.25) is 0 Å². The van der Waals surface area contributed by atoms with Crippen LogP contribution < -0.4 is 9.47 Å². The number of unbranched alkanes of at least 4 members (excludes halogenated alkanes) is 1. The van der Waals surface area contributed by atoms with Crippen molar-refractivity contribution in [1.29, 1.82) is 0 Å². The lowest BCUT2D eigenvalue weighted by molar-refractivity contribution is 0.00567. The summed E-state index contributed by atoms with van der Waals surface area (Å²) < 4.78 is 17.2. The maximum atomic E-state index is 10.8. The van der Waals surface area contributed by atoms with Gasteiger partial charge in [-0.3, -0.25) is 4.98 Å². The van der Waals surface area contributed by atoms with Crippen molar-refractivity contribution in [2.45, 2.75) is 32.8 Å². The molecule has 1 rings (SSSR count). The molecule has 0 aromatic carbocycles. The van der Waals surface area contributed by atoms with Crippen molar-refractivity contribution in [2.24, 2.45) is 5.41 Å². The Hall–Kier alpha value is -1.11. The summed E-state index contributed by atoms with van der Waals surface area (Å²) >= 11 is 3.43. The lowest BCUT2D eigenvalue weighted by Crippen LogP contribution is -2.29. The average molecular weight is 388 g/mol. The summed E-state index contributed by atoms with van der Waals surface area (Å²) in [5, 5.41) is 10.8. The predicted octanol–water partition coefficient (Wildman–Crippen LogP) is 3.90. The van der Waals surface area contributed by atoms with Gasteiger partial charge in [0.15, 0.2) is 11.5 Å². The van der Waals surface area contributed by atoms with E-state index in [1.807, 2.05) is 6.92 Å². The summed E-state index contributed by atoms with van der Waals surface area (Å²) in [7, 11) is 3.12. The van der Waals surface area contributed by atoms with Gasteiger partial charge in [0.2, 0.25) is 0 Å². The average Bonchev–Trinajstić information content (AvgIpc) is 2.55. The molecule has 6 heteroatoms. The van der Waals surface area contributed by atoms with Gasteiger partial charge < -0.3 is 19.3 Å². The van der Waals surface area contributed by atoms with E-state index >= 15 is 0 Å². The molecule has 0 saturated carbocycles. The molecule has 0 spiro atoms. The predicted molar refractivity (Wildman–Crippen MR) is 94.0 cm³/mol. The van der Waals surface area contributed by atoms with Crippen molar-refractivity contribution in [2.75, 3.05) is 27.4 Å². The zero-order chi connectivity index (χ0) is 17.5. The van der Waals surface area contributed by atoms with Crippen LogP contribution in [0.1, 0.15) is 38.5 Å². The highest BCUT2D eigenvalue weighted by atomic mass is 79.9. The van der Waals surface area contributed by atoms with Crippen LogP contribution in [-0.2, 0) is 4.74 Å². The van der Waals surface area contributed by atoms with Crippen molar-refractivity contribution < 1.29 is 19.3 Å². The SMILES string of the molecule is C=CC(C)(COC)C(O)c1ncc(Br)c(OCCCC)c1OC. The van der Waals surface area contributed by atoms with E-state index in [2.05, 4.69) is 34.4 Å². The fourth-order valence-corrected chi connectivity index (χ4v) is 2.58. The number of hydrogen-bond acceptors (Lipinski definition) is 5. The summed E-state index contributed by atoms with van der Waals surface area (Å²) in [6, 6.07) is 0. The second kappa shape index (κ2) is 9.25. The first-order valence-corrected chi connectivity index (χ1v) is 8.40. The molecule has 2 atom stereocenters. The zero-order valence-electron chi connectivity index (χ0n) is 14.3. The Morgan fingerprint density at radius 2 is 2.13 bits per heavy atom. The molecule has 1 N–H and O–H groups in total. The van der Waals surface area contributed by atoms with Crippen molar-refractivity contribution in [3.05, 3.63) is 29.0 Å². The maximum absolute atomic E-state index is 10.8. The first-order chi connectivity index (χ1) is 10.9. The highest BCUT2D eigenvalue weighted by Crippen LogP contribution is 2.44. The number of rotatable bonds is 10. The van der Waals surface area contributed by atoms with E-state index in [9.17, 15) is 5.11 Å². The largest absolute Gasteiger partial charge is 0.491 e. The number of hydrogen-bond donors (Lipinski definition) is 1. The quantitative estimate of drug-likeness (QED) is 0.487. The number of halogens is 1. The van der Waals surface area contributed by atoms with Gasteiger partial charge in [-0.1, -0.05) is 26.3 Å². The van der Waals surface area contributed by atoms with E-state index in [0.29, 0.717) is 34.9 Å². The fourth-order valence-electron chi connectivity index (χ4n) is 2.19. The molecule has 1 aromatic heterocycles. The highest BCUT2D eigenvalue weighted by Gasteiger charge is 2.35. The van der Waals surface area contributed by atoms with E-state index in [0.717, 1.165) is 12.8 Å². The molecule has 0 fully saturated rings. The van der Waals surface area contributed by atoms with Gasteiger partial charge in [-0.2, -0.15) is 0 Å². The number of pyridine rings is 1. The molecule has 0 aliphatic heterocycles. The van der Waals surface area contributed by atoms with Crippen LogP contribution in [0, 0.1) is 5.41 Å². The first kappa shape index (κ1) is 19.9. The molecule has 23 heavy (non-hydrogen) atoms. The second-order valence-electron chi connectivity index (χ2n) is 5.60. The van der Waals surface area contributed by atoms with Gasteiger partial charge in [0.05, 0.1) is 24.8 Å². The molecule has 130 valence electrons. The van der Waals surface area contributed by atoms with E-state index in [-0.39, 0.29) is 0 Å². The molecule has 2 unspecified atom stereocenters. The molecule has 1 heterocycles. The molecule has 0 bridgehead atoms. The van der Waals surface area contributed by atoms with Crippen LogP contribution >= 0.6 is 15.9 Å². The maximum Gasteiger partial charge on any atom is 0.186 e. The molecule has 1 aromatic rings. The third-order valence-corrected chi connectivity index (χ3v) is 4.29. The molecular weight excluding hydrogens is 362 g/mol. The Kier molecular flexibility index (Phi) is 8.02. The minimum absolute atomic E-state index is 0.310. The molecule has 0 aliphatic carbocycles. The lowest BCUT2D eigenvalue weighted by atomic mass is 9.83. The van der Waals surface area contributed by atoms with Crippen LogP contribution in [0.5, 0.6) is 11.5 Å². The molecule has 0 saturated heterocycles. The van der Waals surface area contributed by atoms with Gasteiger partial charge in [0.1, 0.15) is 11.8 Å². The monoisotopic (exact) mass is 387 g/mol. The minimum atomic E-state index is -0.934. The van der Waals surface area contributed by atoms with Crippen LogP contribution in [0.25, 0.3) is 0 Å². The van der Waals surface area contributed by atoms with Crippen molar-refractivity contribution >= 4 is 15.9 Å². The summed E-state index contributed by atoms with van der Waals surface area (Å²) in [6.07, 6.45) is 4.31. The molecule has 0 aliphatic rings. The molecule has 5 nitrogen and oxygen atoms in total. The van der Waals surface area contributed by atoms with Gasteiger partial charge in [0, 0.05) is 18.7 Å². The Labute approximate surface area is 146 Å². The van der Waals surface area contributed by atoms with Crippen LogP contribution in [-0.4, -0.2) is 37.5 Å². The van der Waals surface area contributed by atoms with E-state index < -0.39 is 11.5 Å². The molecular formula is C17H26BrNO4.